The fourth-order valence-electron chi connectivity index (χ4n) is 6.66. The summed E-state index contributed by atoms with van der Waals surface area (Å²) in [6.07, 6.45) is 9.06. The van der Waals surface area contributed by atoms with Gasteiger partial charge in [0.2, 0.25) is 0 Å². The molecule has 2 aliphatic carbocycles. The number of benzene rings is 4. The normalized spacial score (nSPS) is 16.3. The third-order valence-electron chi connectivity index (χ3n) is 9.04. The maximum Gasteiger partial charge on any atom is 0.123 e. The molecule has 0 fully saturated rings. The van der Waals surface area contributed by atoms with Crippen molar-refractivity contribution in [3.63, 3.8) is 0 Å². The first-order chi connectivity index (χ1) is 19.7. The summed E-state index contributed by atoms with van der Waals surface area (Å²) in [5.41, 5.74) is 13.6. The third-order valence-corrected chi connectivity index (χ3v) is 9.04. The molecule has 0 aromatic heterocycles. The molecule has 0 unspecified atom stereocenters. The second kappa shape index (κ2) is 9.96. The molecule has 0 atom stereocenters. The second-order valence-electron chi connectivity index (χ2n) is 12.3. The first-order valence-corrected chi connectivity index (χ1v) is 14.5. The van der Waals surface area contributed by atoms with Crippen LogP contribution in [-0.4, -0.2) is 7.11 Å². The number of fused-ring (bicyclic) bond motifs is 4. The number of hydrogen-bond acceptors (Lipinski definition) is 2. The smallest absolute Gasteiger partial charge is 0.123 e. The van der Waals surface area contributed by atoms with Gasteiger partial charge in [0.25, 0.3) is 0 Å². The maximum absolute atomic E-state index is 5.79. The number of aryl methyl sites for hydroxylation is 1. The number of anilines is 2. The number of methoxy groups -OCH3 is 1. The first-order valence-electron chi connectivity index (χ1n) is 14.5. The molecule has 0 amide bonds. The summed E-state index contributed by atoms with van der Waals surface area (Å²) in [5.74, 6) is 0.883. The van der Waals surface area contributed by atoms with Crippen LogP contribution in [0.3, 0.4) is 0 Å². The van der Waals surface area contributed by atoms with E-state index in [1.54, 1.807) is 7.11 Å². The van der Waals surface area contributed by atoms with Gasteiger partial charge >= 0.3 is 0 Å². The number of hydrogen-bond donors (Lipinski definition) is 0. The molecular formula is C39H39NO. The number of nitrogens with zero attached hydrogens (tertiary/aromatic N) is 1. The lowest BCUT2D eigenvalue weighted by Crippen LogP contribution is -2.20. The minimum Gasteiger partial charge on any atom is -0.496 e. The predicted octanol–water partition coefficient (Wildman–Crippen LogP) is 10.3. The monoisotopic (exact) mass is 537 g/mol. The molecule has 0 bridgehead atoms. The molecule has 206 valence electrons. The van der Waals surface area contributed by atoms with Crippen LogP contribution in [0.5, 0.6) is 5.75 Å². The highest BCUT2D eigenvalue weighted by Crippen LogP contribution is 2.50. The summed E-state index contributed by atoms with van der Waals surface area (Å²) in [4.78, 5) is 2.38. The number of ether oxygens (including phenoxy) is 1. The SMILES string of the molecule is C/C=C\C(=C/C1=Cc2ccccc2C1(C)C)N(c1ccc(C)c(OC)c1)c1ccc2c(c1)C(C)(C)c1ccccc1-2. The standard InChI is InChI=1S/C39H39NO/c1-8-13-29(23-28-22-27-14-9-11-16-34(27)38(28,3)4)40(31-19-18-26(2)37(25-31)41-7)30-20-21-33-32-15-10-12-17-35(32)39(5,6)36(33)24-30/h8-25H,1-7H3/b13-8-,29-23+. The van der Waals surface area contributed by atoms with Gasteiger partial charge in [-0.25, -0.2) is 0 Å². The second-order valence-corrected chi connectivity index (χ2v) is 12.3. The summed E-state index contributed by atoms with van der Waals surface area (Å²) < 4.78 is 5.79. The Balaban J connectivity index is 1.56. The van der Waals surface area contributed by atoms with Crippen molar-refractivity contribution in [2.75, 3.05) is 12.0 Å². The molecule has 0 N–H and O–H groups in total. The van der Waals surface area contributed by atoms with Gasteiger partial charge in [0.1, 0.15) is 5.75 Å². The molecule has 4 aromatic rings. The molecule has 2 heteroatoms. The van der Waals surface area contributed by atoms with E-state index < -0.39 is 0 Å². The van der Waals surface area contributed by atoms with Crippen LogP contribution in [-0.2, 0) is 10.8 Å². The third kappa shape index (κ3) is 4.34. The largest absolute Gasteiger partial charge is 0.496 e. The average molecular weight is 538 g/mol. The molecule has 6 rings (SSSR count). The molecular weight excluding hydrogens is 498 g/mol. The van der Waals surface area contributed by atoms with Crippen molar-refractivity contribution in [3.05, 3.63) is 142 Å². The maximum atomic E-state index is 5.79. The molecule has 0 aliphatic heterocycles. The summed E-state index contributed by atoms with van der Waals surface area (Å²) in [6, 6.07) is 31.0. The van der Waals surface area contributed by atoms with E-state index in [1.165, 1.54) is 39.0 Å². The summed E-state index contributed by atoms with van der Waals surface area (Å²) in [6.45, 7) is 13.5. The van der Waals surface area contributed by atoms with Crippen LogP contribution in [0.15, 0.2) is 114 Å². The number of allylic oxidation sites excluding steroid dienone is 4. The van der Waals surface area contributed by atoms with Gasteiger partial charge in [0, 0.05) is 34.0 Å². The molecule has 41 heavy (non-hydrogen) atoms. The Bertz CT molecular complexity index is 1750. The Morgan fingerprint density at radius 2 is 1.39 bits per heavy atom. The zero-order valence-corrected chi connectivity index (χ0v) is 25.2. The van der Waals surface area contributed by atoms with Gasteiger partial charge in [-0.2, -0.15) is 0 Å². The fraction of sp³-hybridized carbons (Fsp3) is 0.231. The molecule has 2 aliphatic rings. The highest BCUT2D eigenvalue weighted by molar-refractivity contribution is 5.84. The Morgan fingerprint density at radius 1 is 0.732 bits per heavy atom. The molecule has 2 nitrogen and oxygen atoms in total. The van der Waals surface area contributed by atoms with E-state index in [-0.39, 0.29) is 10.8 Å². The van der Waals surface area contributed by atoms with Crippen LogP contribution < -0.4 is 9.64 Å². The predicted molar refractivity (Wildman–Crippen MR) is 174 cm³/mol. The average Bonchev–Trinajstić information content (AvgIpc) is 3.36. The molecule has 4 aromatic carbocycles. The zero-order chi connectivity index (χ0) is 28.9. The fourth-order valence-corrected chi connectivity index (χ4v) is 6.66. The number of rotatable bonds is 6. The van der Waals surface area contributed by atoms with Crippen molar-refractivity contribution in [1.29, 1.82) is 0 Å². The summed E-state index contributed by atoms with van der Waals surface area (Å²) in [5, 5.41) is 0. The molecule has 0 saturated heterocycles. The minimum atomic E-state index is -0.0956. The van der Waals surface area contributed by atoms with Crippen LogP contribution in [0.1, 0.15) is 62.4 Å². The van der Waals surface area contributed by atoms with E-state index in [1.807, 2.05) is 0 Å². The van der Waals surface area contributed by atoms with Crippen LogP contribution >= 0.6 is 0 Å². The van der Waals surface area contributed by atoms with Crippen LogP contribution in [0.2, 0.25) is 0 Å². The van der Waals surface area contributed by atoms with Crippen molar-refractivity contribution in [3.8, 4) is 16.9 Å². The lowest BCUT2D eigenvalue weighted by Gasteiger charge is -2.30. The highest BCUT2D eigenvalue weighted by Gasteiger charge is 2.36. The van der Waals surface area contributed by atoms with E-state index >= 15 is 0 Å². The molecule has 0 heterocycles. The molecule has 0 spiro atoms. The van der Waals surface area contributed by atoms with E-state index in [0.717, 1.165) is 28.4 Å². The zero-order valence-electron chi connectivity index (χ0n) is 25.2. The van der Waals surface area contributed by atoms with Crippen LogP contribution in [0.4, 0.5) is 11.4 Å². The van der Waals surface area contributed by atoms with E-state index in [2.05, 4.69) is 156 Å². The molecule has 0 saturated carbocycles. The van der Waals surface area contributed by atoms with Crippen LogP contribution in [0, 0.1) is 6.92 Å². The van der Waals surface area contributed by atoms with Crippen LogP contribution in [0.25, 0.3) is 17.2 Å². The summed E-state index contributed by atoms with van der Waals surface area (Å²) >= 11 is 0. The van der Waals surface area contributed by atoms with Gasteiger partial charge in [-0.1, -0.05) is 101 Å². The van der Waals surface area contributed by atoms with Crippen molar-refractivity contribution in [1.82, 2.24) is 0 Å². The van der Waals surface area contributed by atoms with Crippen molar-refractivity contribution < 1.29 is 4.74 Å². The minimum absolute atomic E-state index is 0.0827. The Labute approximate surface area is 245 Å². The topological polar surface area (TPSA) is 12.5 Å². The van der Waals surface area contributed by atoms with Gasteiger partial charge in [0.15, 0.2) is 0 Å². The first kappa shape index (κ1) is 26.9. The lowest BCUT2D eigenvalue weighted by atomic mass is 9.81. The van der Waals surface area contributed by atoms with Gasteiger partial charge in [-0.05, 0) is 88.7 Å². The lowest BCUT2D eigenvalue weighted by molar-refractivity contribution is 0.412. The van der Waals surface area contributed by atoms with Gasteiger partial charge in [-0.15, -0.1) is 0 Å². The van der Waals surface area contributed by atoms with E-state index in [4.69, 9.17) is 4.74 Å². The molecule has 0 radical (unpaired) electrons. The van der Waals surface area contributed by atoms with Gasteiger partial charge in [0.05, 0.1) is 7.11 Å². The van der Waals surface area contributed by atoms with Crippen molar-refractivity contribution in [2.24, 2.45) is 0 Å². The van der Waals surface area contributed by atoms with Crippen molar-refractivity contribution >= 4 is 17.5 Å². The van der Waals surface area contributed by atoms with Crippen molar-refractivity contribution in [2.45, 2.75) is 52.4 Å². The van der Waals surface area contributed by atoms with E-state index in [0.29, 0.717) is 0 Å². The highest BCUT2D eigenvalue weighted by atomic mass is 16.5. The Morgan fingerprint density at radius 3 is 2.12 bits per heavy atom. The quantitative estimate of drug-likeness (QED) is 0.227. The Kier molecular flexibility index (Phi) is 6.53. The summed E-state index contributed by atoms with van der Waals surface area (Å²) in [7, 11) is 1.75. The van der Waals surface area contributed by atoms with Gasteiger partial charge < -0.3 is 9.64 Å². The van der Waals surface area contributed by atoms with Gasteiger partial charge in [-0.3, -0.25) is 0 Å². The Hall–Kier alpha value is -4.30. The van der Waals surface area contributed by atoms with E-state index in [9.17, 15) is 0 Å².